The lowest BCUT2D eigenvalue weighted by molar-refractivity contribution is -0.112. The molecule has 1 aromatic carbocycles. The standard InChI is InChI=1S/C14H17N3O/c1-10(2)16-9-12(8-15)14(18)17-13-7-5-4-6-11(13)3/h4-7,9-10,16H,1-3H3,(H,17,18)/b12-9-. The number of nitrogens with one attached hydrogen (secondary N) is 2. The molecule has 0 bridgehead atoms. The van der Waals surface area contributed by atoms with Crippen molar-refractivity contribution in [2.24, 2.45) is 0 Å². The normalized spacial score (nSPS) is 10.9. The highest BCUT2D eigenvalue weighted by Crippen LogP contribution is 2.13. The molecule has 18 heavy (non-hydrogen) atoms. The van der Waals surface area contributed by atoms with Gasteiger partial charge >= 0.3 is 0 Å². The van der Waals surface area contributed by atoms with Crippen molar-refractivity contribution in [2.75, 3.05) is 5.32 Å². The summed E-state index contributed by atoms with van der Waals surface area (Å²) >= 11 is 0. The third-order valence-electron chi connectivity index (χ3n) is 2.32. The Balaban J connectivity index is 2.79. The number of hydrogen-bond acceptors (Lipinski definition) is 3. The number of nitriles is 1. The summed E-state index contributed by atoms with van der Waals surface area (Å²) in [4.78, 5) is 11.9. The van der Waals surface area contributed by atoms with Gasteiger partial charge in [-0.2, -0.15) is 5.26 Å². The number of benzene rings is 1. The minimum absolute atomic E-state index is 0.0620. The smallest absolute Gasteiger partial charge is 0.267 e. The Kier molecular flexibility index (Phi) is 4.94. The van der Waals surface area contributed by atoms with E-state index in [1.807, 2.05) is 45.0 Å². The van der Waals surface area contributed by atoms with Crippen LogP contribution in [0.15, 0.2) is 36.0 Å². The number of aryl methyl sites for hydroxylation is 1. The van der Waals surface area contributed by atoms with E-state index in [4.69, 9.17) is 5.26 Å². The molecule has 0 aliphatic carbocycles. The Hall–Kier alpha value is -2.28. The summed E-state index contributed by atoms with van der Waals surface area (Å²) in [6, 6.07) is 9.50. The summed E-state index contributed by atoms with van der Waals surface area (Å²) in [5.41, 5.74) is 1.74. The van der Waals surface area contributed by atoms with Gasteiger partial charge in [-0.3, -0.25) is 4.79 Å². The van der Waals surface area contributed by atoms with E-state index in [1.165, 1.54) is 6.20 Å². The fourth-order valence-electron chi connectivity index (χ4n) is 1.30. The molecule has 0 aliphatic heterocycles. The first-order valence-electron chi connectivity index (χ1n) is 5.78. The molecule has 0 heterocycles. The molecular formula is C14H17N3O. The van der Waals surface area contributed by atoms with Gasteiger partial charge in [-0.1, -0.05) is 18.2 Å². The zero-order valence-electron chi connectivity index (χ0n) is 10.8. The van der Waals surface area contributed by atoms with E-state index in [-0.39, 0.29) is 11.6 Å². The lowest BCUT2D eigenvalue weighted by atomic mass is 10.2. The van der Waals surface area contributed by atoms with Crippen LogP contribution in [-0.2, 0) is 4.79 Å². The van der Waals surface area contributed by atoms with Crippen molar-refractivity contribution in [3.8, 4) is 6.07 Å². The molecule has 0 saturated carbocycles. The third kappa shape index (κ3) is 3.95. The van der Waals surface area contributed by atoms with Crippen LogP contribution in [0, 0.1) is 18.3 Å². The fourth-order valence-corrected chi connectivity index (χ4v) is 1.30. The van der Waals surface area contributed by atoms with E-state index in [0.29, 0.717) is 5.69 Å². The zero-order valence-corrected chi connectivity index (χ0v) is 10.8. The summed E-state index contributed by atoms with van der Waals surface area (Å²) in [5, 5.41) is 14.6. The summed E-state index contributed by atoms with van der Waals surface area (Å²) in [7, 11) is 0. The van der Waals surface area contributed by atoms with Gasteiger partial charge in [-0.25, -0.2) is 0 Å². The van der Waals surface area contributed by atoms with Crippen LogP contribution in [0.25, 0.3) is 0 Å². The second-order valence-corrected chi connectivity index (χ2v) is 4.26. The van der Waals surface area contributed by atoms with Crippen molar-refractivity contribution >= 4 is 11.6 Å². The number of amides is 1. The summed E-state index contributed by atoms with van der Waals surface area (Å²) in [6.07, 6.45) is 1.44. The van der Waals surface area contributed by atoms with Crippen molar-refractivity contribution in [3.63, 3.8) is 0 Å². The topological polar surface area (TPSA) is 64.9 Å². The van der Waals surface area contributed by atoms with Gasteiger partial charge in [0, 0.05) is 17.9 Å². The van der Waals surface area contributed by atoms with Crippen molar-refractivity contribution in [2.45, 2.75) is 26.8 Å². The Morgan fingerprint density at radius 3 is 2.61 bits per heavy atom. The Labute approximate surface area is 107 Å². The molecule has 0 unspecified atom stereocenters. The highest BCUT2D eigenvalue weighted by Gasteiger charge is 2.10. The number of carbonyl (C=O) groups is 1. The first-order valence-corrected chi connectivity index (χ1v) is 5.78. The average Bonchev–Trinajstić information content (AvgIpc) is 2.32. The lowest BCUT2D eigenvalue weighted by Crippen LogP contribution is -2.20. The van der Waals surface area contributed by atoms with Crippen LogP contribution in [-0.4, -0.2) is 11.9 Å². The van der Waals surface area contributed by atoms with Crippen LogP contribution in [0.5, 0.6) is 0 Å². The van der Waals surface area contributed by atoms with Gasteiger partial charge in [0.25, 0.3) is 5.91 Å². The summed E-state index contributed by atoms with van der Waals surface area (Å²) in [6.45, 7) is 5.77. The van der Waals surface area contributed by atoms with Crippen LogP contribution in [0.1, 0.15) is 19.4 Å². The van der Waals surface area contributed by atoms with Crippen LogP contribution in [0.2, 0.25) is 0 Å². The van der Waals surface area contributed by atoms with Crippen molar-refractivity contribution in [3.05, 3.63) is 41.6 Å². The highest BCUT2D eigenvalue weighted by molar-refractivity contribution is 6.06. The molecule has 0 spiro atoms. The van der Waals surface area contributed by atoms with E-state index in [0.717, 1.165) is 5.56 Å². The van der Waals surface area contributed by atoms with E-state index in [9.17, 15) is 4.79 Å². The number of anilines is 1. The Morgan fingerprint density at radius 2 is 2.06 bits per heavy atom. The monoisotopic (exact) mass is 243 g/mol. The molecule has 0 fully saturated rings. The molecule has 94 valence electrons. The first kappa shape index (κ1) is 13.8. The van der Waals surface area contributed by atoms with Gasteiger partial charge in [0.2, 0.25) is 0 Å². The molecule has 4 heteroatoms. The predicted molar refractivity (Wildman–Crippen MR) is 71.8 cm³/mol. The van der Waals surface area contributed by atoms with Gasteiger partial charge < -0.3 is 10.6 Å². The van der Waals surface area contributed by atoms with Gasteiger partial charge in [-0.15, -0.1) is 0 Å². The molecule has 0 aliphatic rings. The first-order chi connectivity index (χ1) is 8.54. The van der Waals surface area contributed by atoms with Crippen LogP contribution < -0.4 is 10.6 Å². The molecule has 1 aromatic rings. The molecular weight excluding hydrogens is 226 g/mol. The van der Waals surface area contributed by atoms with Crippen LogP contribution in [0.4, 0.5) is 5.69 Å². The largest absolute Gasteiger partial charge is 0.387 e. The zero-order chi connectivity index (χ0) is 13.5. The SMILES string of the molecule is Cc1ccccc1NC(=O)/C(C#N)=C\NC(C)C. The van der Waals surface area contributed by atoms with Crippen molar-refractivity contribution in [1.29, 1.82) is 5.26 Å². The molecule has 0 saturated heterocycles. The van der Waals surface area contributed by atoms with E-state index < -0.39 is 5.91 Å². The number of para-hydroxylation sites is 1. The lowest BCUT2D eigenvalue weighted by Gasteiger charge is -2.08. The minimum Gasteiger partial charge on any atom is -0.387 e. The Morgan fingerprint density at radius 1 is 1.39 bits per heavy atom. The molecule has 0 aromatic heterocycles. The average molecular weight is 243 g/mol. The maximum atomic E-state index is 11.9. The van der Waals surface area contributed by atoms with Crippen LogP contribution >= 0.6 is 0 Å². The fraction of sp³-hybridized carbons (Fsp3) is 0.286. The maximum absolute atomic E-state index is 11.9. The molecule has 1 rings (SSSR count). The summed E-state index contributed by atoms with van der Waals surface area (Å²) in [5.74, 6) is -0.403. The van der Waals surface area contributed by atoms with E-state index in [2.05, 4.69) is 10.6 Å². The second-order valence-electron chi connectivity index (χ2n) is 4.26. The predicted octanol–water partition coefficient (Wildman–Crippen LogP) is 2.34. The number of hydrogen-bond donors (Lipinski definition) is 2. The van der Waals surface area contributed by atoms with Gasteiger partial charge in [0.1, 0.15) is 11.6 Å². The second kappa shape index (κ2) is 6.45. The minimum atomic E-state index is -0.403. The van der Waals surface area contributed by atoms with Gasteiger partial charge in [-0.05, 0) is 32.4 Å². The van der Waals surface area contributed by atoms with Crippen LogP contribution in [0.3, 0.4) is 0 Å². The number of carbonyl (C=O) groups excluding carboxylic acids is 1. The molecule has 4 nitrogen and oxygen atoms in total. The highest BCUT2D eigenvalue weighted by atomic mass is 16.1. The Bertz CT molecular complexity index is 498. The summed E-state index contributed by atoms with van der Waals surface area (Å²) < 4.78 is 0. The molecule has 0 atom stereocenters. The number of rotatable bonds is 4. The van der Waals surface area contributed by atoms with E-state index >= 15 is 0 Å². The van der Waals surface area contributed by atoms with E-state index in [1.54, 1.807) is 6.07 Å². The number of nitrogens with zero attached hydrogens (tertiary/aromatic N) is 1. The quantitative estimate of drug-likeness (QED) is 0.630. The van der Waals surface area contributed by atoms with Crippen molar-refractivity contribution in [1.82, 2.24) is 5.32 Å². The molecule has 0 radical (unpaired) electrons. The van der Waals surface area contributed by atoms with Gasteiger partial charge in [0.15, 0.2) is 0 Å². The maximum Gasteiger partial charge on any atom is 0.267 e. The molecule has 2 N–H and O–H groups in total. The molecule has 1 amide bonds. The van der Waals surface area contributed by atoms with Crippen molar-refractivity contribution < 1.29 is 4.79 Å². The van der Waals surface area contributed by atoms with Gasteiger partial charge in [0.05, 0.1) is 0 Å². The third-order valence-corrected chi connectivity index (χ3v) is 2.32.